The fourth-order valence-electron chi connectivity index (χ4n) is 9.45. The molecular weight excluding hydrogens is 1080 g/mol. The van der Waals surface area contributed by atoms with Crippen LogP contribution in [-0.4, -0.2) is 244 Å². The van der Waals surface area contributed by atoms with Crippen molar-refractivity contribution in [3.05, 3.63) is 90.0 Å². The van der Waals surface area contributed by atoms with E-state index in [1.807, 2.05) is 0 Å². The van der Waals surface area contributed by atoms with Gasteiger partial charge >= 0.3 is 65.6 Å². The molecule has 4 aromatic rings. The number of hydrogen-bond donors (Lipinski definition) is 14. The molecule has 10 atom stereocenters. The molecule has 0 bridgehead atoms. The Balaban J connectivity index is 0.00000304. The number of ether oxygens (including phenoxy) is 2. The van der Waals surface area contributed by atoms with Crippen molar-refractivity contribution in [1.29, 1.82) is 0 Å². The minimum absolute atomic E-state index is 0. The maximum absolute atomic E-state index is 14.4. The number of carboxylic acids is 2. The number of carboxylic acid groups (broad SMARTS) is 2. The molecule has 4 aliphatic rings. The van der Waals surface area contributed by atoms with E-state index in [0.717, 1.165) is 13.8 Å². The van der Waals surface area contributed by atoms with Crippen LogP contribution in [0.2, 0.25) is 0 Å². The number of aromatic hydroxyl groups is 4. The molecule has 0 saturated carbocycles. The second kappa shape index (κ2) is 23.4. The van der Waals surface area contributed by atoms with Crippen molar-refractivity contribution in [2.75, 3.05) is 13.2 Å². The molecule has 405 valence electrons. The largest absolute Gasteiger partial charge is 2.00 e. The van der Waals surface area contributed by atoms with Gasteiger partial charge in [-0.3, -0.25) is 19.2 Å². The van der Waals surface area contributed by atoms with Gasteiger partial charge in [0, 0.05) is 44.5 Å². The molecule has 0 spiro atoms. The van der Waals surface area contributed by atoms with E-state index in [4.69, 9.17) is 17.1 Å². The van der Waals surface area contributed by atoms with Gasteiger partial charge in [-0.1, -0.05) is 11.5 Å². The van der Waals surface area contributed by atoms with Crippen LogP contribution in [0.4, 0.5) is 0 Å². The molecule has 76 heavy (non-hydrogen) atoms. The van der Waals surface area contributed by atoms with Crippen LogP contribution in [0, 0.1) is 13.8 Å². The second-order valence-corrected chi connectivity index (χ2v) is 17.4. The Labute approximate surface area is 459 Å². The van der Waals surface area contributed by atoms with E-state index in [1.54, 1.807) is 0 Å². The fourth-order valence-corrected chi connectivity index (χ4v) is 10.1. The molecule has 30 nitrogen and oxygen atoms in total. The summed E-state index contributed by atoms with van der Waals surface area (Å²) < 4.78 is 22.5. The number of carbonyl (C=O) groups is 6. The van der Waals surface area contributed by atoms with Crippen LogP contribution in [0.25, 0.3) is 0 Å². The van der Waals surface area contributed by atoms with Gasteiger partial charge < -0.3 is 121 Å². The van der Waals surface area contributed by atoms with Gasteiger partial charge in [0.1, 0.15) is 95.2 Å². The molecule has 22 N–H and O–H groups in total. The van der Waals surface area contributed by atoms with E-state index in [2.05, 4.69) is 0 Å². The van der Waals surface area contributed by atoms with Crippen LogP contribution in [0.5, 0.6) is 46.0 Å². The number of ketones is 4. The summed E-state index contributed by atoms with van der Waals surface area (Å²) in [6.07, 6.45) is -21.4. The van der Waals surface area contributed by atoms with Crippen LogP contribution in [0.1, 0.15) is 119 Å². The van der Waals surface area contributed by atoms with Crippen LogP contribution in [0.15, 0.2) is 12.1 Å². The Bertz CT molecular complexity index is 2860. The number of fused-ring (bicyclic) bond motifs is 4. The first-order valence-electron chi connectivity index (χ1n) is 20.7. The predicted molar refractivity (Wildman–Crippen MR) is 241 cm³/mol. The molecule has 1 radical (unpaired) electrons. The molecule has 2 aliphatic heterocycles. The van der Waals surface area contributed by atoms with Crippen LogP contribution >= 0.6 is 0 Å². The van der Waals surface area contributed by atoms with E-state index in [1.165, 1.54) is 0 Å². The number of aromatic carboxylic acids is 2. The van der Waals surface area contributed by atoms with Gasteiger partial charge in [0.25, 0.3) is 0 Å². The van der Waals surface area contributed by atoms with Crippen molar-refractivity contribution in [2.45, 2.75) is 74.9 Å². The van der Waals surface area contributed by atoms with Gasteiger partial charge in [-0.05, 0) is 37.1 Å². The smallest absolute Gasteiger partial charge is 0.872 e. The minimum Gasteiger partial charge on any atom is -0.872 e. The monoisotopic (exact) mass is 1120 g/mol. The molecule has 0 unspecified atom stereocenters. The van der Waals surface area contributed by atoms with Crippen LogP contribution in [0.3, 0.4) is 0 Å². The van der Waals surface area contributed by atoms with E-state index in [9.17, 15) is 110 Å². The summed E-state index contributed by atoms with van der Waals surface area (Å²) in [6.45, 7) is -0.149. The molecule has 2 aliphatic carbocycles. The SMILES string of the molecule is Cc1c(C(=O)O)c(O)cc2c1C(=O)c1c([O-])c([C@H]3O[C@H](CO)[C@@H](O)[C@H](O)[C@H]3O)c(O)c([O][Al][O]c3c(O)c([C@H]4O[C@H](CO)[C@@H](O)[C@H](O)[C@H]4O)c([O-])c4c3C(=O)c3cc(O)c(C(=O)O)c(C)c3C4=O)c1C2=O.O.O.O.O.[Ca+2]. The quantitative estimate of drug-likeness (QED) is 0.0567. The summed E-state index contributed by atoms with van der Waals surface area (Å²) in [4.78, 5) is 81.9. The number of phenols is 4. The first-order chi connectivity index (χ1) is 33.3. The van der Waals surface area contributed by atoms with Crippen molar-refractivity contribution in [3.63, 3.8) is 0 Å². The molecule has 8 rings (SSSR count). The molecule has 0 aromatic heterocycles. The van der Waals surface area contributed by atoms with E-state index in [0.29, 0.717) is 12.1 Å². The van der Waals surface area contributed by atoms with Gasteiger partial charge in [-0.15, -0.1) is 0 Å². The minimum atomic E-state index is -2.65. The zero-order valence-corrected chi connectivity index (χ0v) is 42.1. The van der Waals surface area contributed by atoms with Crippen molar-refractivity contribution in [3.8, 4) is 46.0 Å². The molecule has 4 aromatic carbocycles. The summed E-state index contributed by atoms with van der Waals surface area (Å²) in [7, 11) is 0. The van der Waals surface area contributed by atoms with Gasteiger partial charge in [0.15, 0.2) is 34.6 Å². The van der Waals surface area contributed by atoms with Crippen molar-refractivity contribution < 1.29 is 149 Å². The number of aliphatic hydroxyl groups excluding tert-OH is 8. The van der Waals surface area contributed by atoms with Crippen molar-refractivity contribution >= 4 is 88.7 Å². The number of carbonyl (C=O) groups excluding carboxylic acids is 4. The molecule has 0 amide bonds. The normalized spacial score (nSPS) is 24.0. The average molecular weight is 1120 g/mol. The summed E-state index contributed by atoms with van der Waals surface area (Å²) >= 11 is -2.65. The maximum atomic E-state index is 14.4. The Morgan fingerprint density at radius 2 is 0.855 bits per heavy atom. The first kappa shape index (κ1) is 64.4. The zero-order chi connectivity index (χ0) is 52.3. The zero-order valence-electron chi connectivity index (χ0n) is 38.8. The number of phenolic OH excluding ortho intramolecular Hbond substituents is 2. The standard InChI is InChI=1S/2C22H20O13.Al.Ca.4H2O/c2*1-4-8-5(2-6(24)9(4)22(33)34)13(25)10-11(15(8)27)16(28)12(18(30)17(10)29)21-20(32)19(31)14(26)7(3-23)35-21;;;;;;/h2*2,7,14,19-21,23-24,26,28-32H,3H2,1H3,(H,33,34);;;4*1H2/q;;2*+2;;;;/p-4/t2*7-,14-,19+,20-,21-;;;;;;/m11....../s1. The Hall–Kier alpha value is -5.87. The number of benzene rings is 4. The molecule has 2 heterocycles. The molecular formula is C44H44AlCaO30. The third-order valence-electron chi connectivity index (χ3n) is 12.9. The Morgan fingerprint density at radius 3 is 1.14 bits per heavy atom. The third kappa shape index (κ3) is 9.46. The Kier molecular flexibility index (Phi) is 19.8. The topological polar surface area (TPSA) is 595 Å². The van der Waals surface area contributed by atoms with Gasteiger partial charge in [-0.25, -0.2) is 9.59 Å². The predicted octanol–water partition coefficient (Wildman–Crippen LogP) is -7.44. The summed E-state index contributed by atoms with van der Waals surface area (Å²) in [6, 6.07) is 1.12. The average Bonchev–Trinajstić information content (AvgIpc) is 3.30. The first-order valence-corrected chi connectivity index (χ1v) is 21.6. The van der Waals surface area contributed by atoms with Crippen LogP contribution < -0.4 is 17.8 Å². The van der Waals surface area contributed by atoms with Gasteiger partial charge in [0.05, 0.1) is 24.3 Å². The summed E-state index contributed by atoms with van der Waals surface area (Å²) in [5.41, 5.74) is -12.8. The maximum Gasteiger partial charge on any atom is 2.00 e. The van der Waals surface area contributed by atoms with E-state index in [-0.39, 0.29) is 59.6 Å². The number of hydrogen-bond acceptors (Lipinski definition) is 24. The van der Waals surface area contributed by atoms with Gasteiger partial charge in [0.2, 0.25) is 0 Å². The van der Waals surface area contributed by atoms with Crippen molar-refractivity contribution in [2.24, 2.45) is 0 Å². The van der Waals surface area contributed by atoms with E-state index >= 15 is 0 Å². The molecule has 32 heteroatoms. The number of rotatable bonds is 10. The fraction of sp³-hybridized carbons (Fsp3) is 0.318. The van der Waals surface area contributed by atoms with Crippen LogP contribution in [-0.2, 0) is 9.47 Å². The third-order valence-corrected chi connectivity index (χ3v) is 13.6. The Morgan fingerprint density at radius 1 is 0.539 bits per heavy atom. The molecule has 2 saturated heterocycles. The van der Waals surface area contributed by atoms with Crippen molar-refractivity contribution in [1.82, 2.24) is 0 Å². The number of aliphatic hydroxyl groups is 8. The second-order valence-electron chi connectivity index (χ2n) is 16.7. The summed E-state index contributed by atoms with van der Waals surface area (Å²) in [5.74, 6) is -20.0. The summed E-state index contributed by atoms with van der Waals surface area (Å²) in [5, 5.41) is 178. The van der Waals surface area contributed by atoms with E-state index < -0.39 is 249 Å². The molecule has 2 fully saturated rings. The van der Waals surface area contributed by atoms with Gasteiger partial charge in [-0.2, -0.15) is 0 Å².